The van der Waals surface area contributed by atoms with E-state index in [0.29, 0.717) is 53.3 Å². The van der Waals surface area contributed by atoms with Crippen LogP contribution in [-0.2, 0) is 15.2 Å². The van der Waals surface area contributed by atoms with E-state index < -0.39 is 40.9 Å². The predicted molar refractivity (Wildman–Crippen MR) is 221 cm³/mol. The van der Waals surface area contributed by atoms with Crippen LogP contribution in [0.4, 0.5) is 20.2 Å². The Kier molecular flexibility index (Phi) is 10.2. The van der Waals surface area contributed by atoms with Gasteiger partial charge in [0.05, 0.1) is 52.6 Å². The van der Waals surface area contributed by atoms with Crippen LogP contribution in [0.3, 0.4) is 0 Å². The van der Waals surface area contributed by atoms with Gasteiger partial charge in [-0.2, -0.15) is 10.4 Å². The molecule has 5 aliphatic rings. The second-order valence-electron chi connectivity index (χ2n) is 17.7. The number of carbonyl (C=O) groups excluding carboxylic acids is 3. The number of aliphatic hydroxyl groups is 1. The number of carbonyl (C=O) groups is 3. The summed E-state index contributed by atoms with van der Waals surface area (Å²) in [5.41, 5.74) is 8.22. The maximum absolute atomic E-state index is 15.1. The molecule has 16 heteroatoms. The molecule has 14 nitrogen and oxygen atoms in total. The maximum atomic E-state index is 15.1. The Morgan fingerprint density at radius 1 is 1.00 bits per heavy atom. The number of halogens is 2. The average Bonchev–Trinajstić information content (AvgIpc) is 3.83. The first-order valence-electron chi connectivity index (χ1n) is 20.9. The first kappa shape index (κ1) is 39.8. The number of aromatic nitrogens is 3. The number of rotatable bonds is 9. The summed E-state index contributed by atoms with van der Waals surface area (Å²) in [5, 5.41) is 31.2. The van der Waals surface area contributed by atoms with Crippen molar-refractivity contribution in [2.24, 2.45) is 11.7 Å². The second-order valence-corrected chi connectivity index (χ2v) is 17.7. The minimum absolute atomic E-state index is 0.0603. The van der Waals surface area contributed by atoms with Gasteiger partial charge in [-0.05, 0) is 88.4 Å². The third kappa shape index (κ3) is 7.43. The number of nitrogens with one attached hydrogen (secondary N) is 1. The number of piperidine rings is 1. The molecule has 2 aromatic carbocycles. The minimum atomic E-state index is -1.25. The van der Waals surface area contributed by atoms with Gasteiger partial charge in [-0.3, -0.25) is 34.3 Å². The predicted octanol–water partition coefficient (Wildman–Crippen LogP) is 4.39. The largest absolute Gasteiger partial charge is 0.386 e. The highest BCUT2D eigenvalue weighted by atomic mass is 19.1. The van der Waals surface area contributed by atoms with Crippen LogP contribution < -0.4 is 21.0 Å². The number of amides is 3. The van der Waals surface area contributed by atoms with Crippen molar-refractivity contribution in [1.29, 1.82) is 5.26 Å². The highest BCUT2D eigenvalue weighted by molar-refractivity contribution is 6.01. The summed E-state index contributed by atoms with van der Waals surface area (Å²) in [6, 6.07) is 12.9. The Balaban J connectivity index is 0.792. The van der Waals surface area contributed by atoms with Crippen LogP contribution in [0, 0.1) is 28.9 Å². The zero-order chi connectivity index (χ0) is 42.0. The van der Waals surface area contributed by atoms with Gasteiger partial charge in [-0.15, -0.1) is 0 Å². The van der Waals surface area contributed by atoms with E-state index in [1.54, 1.807) is 36.7 Å². The highest BCUT2D eigenvalue weighted by Crippen LogP contribution is 2.39. The average molecular weight is 821 g/mol. The molecule has 9 rings (SSSR count). The number of benzene rings is 2. The zero-order valence-electron chi connectivity index (χ0n) is 33.9. The van der Waals surface area contributed by atoms with Crippen LogP contribution in [-0.4, -0.2) is 105 Å². The molecule has 1 atom stereocenters. The van der Waals surface area contributed by atoms with Crippen molar-refractivity contribution in [2.45, 2.75) is 76.0 Å². The number of nitrogens with two attached hydrogens (primary N) is 1. The molecule has 4 aliphatic heterocycles. The molecule has 60 heavy (non-hydrogen) atoms. The monoisotopic (exact) mass is 820 g/mol. The number of imide groups is 1. The molecule has 1 saturated carbocycles. The van der Waals surface area contributed by atoms with E-state index in [2.05, 4.69) is 32.1 Å². The van der Waals surface area contributed by atoms with Gasteiger partial charge in [0.25, 0.3) is 5.91 Å². The third-order valence-corrected chi connectivity index (χ3v) is 13.2. The fourth-order valence-corrected chi connectivity index (χ4v) is 10.0. The molecule has 0 radical (unpaired) electrons. The van der Waals surface area contributed by atoms with Crippen LogP contribution in [0.5, 0.6) is 0 Å². The number of piperazine rings is 1. The Morgan fingerprint density at radius 2 is 1.70 bits per heavy atom. The van der Waals surface area contributed by atoms with Crippen LogP contribution in [0.1, 0.15) is 91.6 Å². The summed E-state index contributed by atoms with van der Waals surface area (Å²) in [7, 11) is 0. The van der Waals surface area contributed by atoms with Crippen molar-refractivity contribution in [2.75, 3.05) is 62.3 Å². The minimum Gasteiger partial charge on any atom is -0.386 e. The SMILES string of the molecule is CC(C)(O)c1cc2nn(C3CCC(N4CCN(CC5CN(c6cc(F)c([C@H]7CCC(=O)NC7=O)c(F)c6)C5)CC4)CC3)cc2cc1N1CC(C#N)=Cc2ccc(C(N)=O)n21. The van der Waals surface area contributed by atoms with Gasteiger partial charge >= 0.3 is 0 Å². The molecule has 4 fully saturated rings. The van der Waals surface area contributed by atoms with Crippen molar-refractivity contribution >= 4 is 46.1 Å². The number of hydrogen-bond acceptors (Lipinski definition) is 10. The van der Waals surface area contributed by atoms with Gasteiger partial charge in [-0.25, -0.2) is 13.5 Å². The lowest BCUT2D eigenvalue weighted by atomic mass is 9.89. The molecule has 3 saturated heterocycles. The van der Waals surface area contributed by atoms with Gasteiger partial charge in [0.15, 0.2) is 0 Å². The number of fused-ring (bicyclic) bond motifs is 2. The van der Waals surface area contributed by atoms with Gasteiger partial charge in [0.2, 0.25) is 11.8 Å². The molecule has 0 spiro atoms. The number of nitriles is 1. The van der Waals surface area contributed by atoms with E-state index >= 15 is 8.78 Å². The summed E-state index contributed by atoms with van der Waals surface area (Å²) in [5.74, 6) is -3.76. The molecule has 0 bridgehead atoms. The fraction of sp³-hybridized carbons (Fsp3) is 0.477. The Labute approximate surface area is 346 Å². The van der Waals surface area contributed by atoms with Crippen molar-refractivity contribution < 1.29 is 28.3 Å². The molecule has 1 aliphatic carbocycles. The first-order valence-corrected chi connectivity index (χ1v) is 20.9. The smallest absolute Gasteiger partial charge is 0.267 e. The Hall–Kier alpha value is -5.63. The van der Waals surface area contributed by atoms with Crippen molar-refractivity contribution in [1.82, 2.24) is 29.6 Å². The van der Waals surface area contributed by atoms with E-state index in [9.17, 15) is 24.8 Å². The Bertz CT molecular complexity index is 2420. The second kappa shape index (κ2) is 15.4. The van der Waals surface area contributed by atoms with E-state index in [1.807, 2.05) is 22.0 Å². The lowest BCUT2D eigenvalue weighted by Gasteiger charge is -2.46. The molecule has 6 heterocycles. The van der Waals surface area contributed by atoms with Crippen LogP contribution in [0.25, 0.3) is 17.0 Å². The lowest BCUT2D eigenvalue weighted by Crippen LogP contribution is -2.56. The van der Waals surface area contributed by atoms with Crippen LogP contribution in [0.15, 0.2) is 48.2 Å². The highest BCUT2D eigenvalue weighted by Gasteiger charge is 2.37. The number of nitrogens with zero attached hydrogens (tertiary/aromatic N) is 8. The molecule has 0 unspecified atom stereocenters. The van der Waals surface area contributed by atoms with Gasteiger partial charge in [0, 0.05) is 92.6 Å². The van der Waals surface area contributed by atoms with Crippen molar-refractivity contribution in [3.05, 3.63) is 82.3 Å². The van der Waals surface area contributed by atoms with Gasteiger partial charge < -0.3 is 20.6 Å². The summed E-state index contributed by atoms with van der Waals surface area (Å²) in [6.45, 7) is 9.95. The standard InChI is InChI=1S/C44H50F2N10O4/c1-44(2,60)34-19-37-28(16-39(34)55-24-26(20-47)15-31-7-9-38(42(48)58)56(31)55)25-54(50-37)30-5-3-29(4-6-30)52-13-11-51(12-14-52)21-27-22-53(23-27)32-17-35(45)41(36(46)18-32)33-8-10-40(57)49-43(33)59/h7,9,15-19,25,27,29-30,33,60H,3-6,8,10-14,21-24H2,1-2H3,(H2,48,58)(H,49,57,59)/t29?,30?,33-/m1/s1. The molecule has 4 N–H and O–H groups in total. The summed E-state index contributed by atoms with van der Waals surface area (Å²) in [4.78, 5) is 43.3. The molecule has 4 aromatic rings. The van der Waals surface area contributed by atoms with E-state index in [4.69, 9.17) is 10.8 Å². The number of primary amides is 1. The summed E-state index contributed by atoms with van der Waals surface area (Å²) < 4.78 is 34.0. The number of anilines is 2. The van der Waals surface area contributed by atoms with Gasteiger partial charge in [-0.1, -0.05) is 0 Å². The van der Waals surface area contributed by atoms with Crippen molar-refractivity contribution in [3.8, 4) is 6.07 Å². The van der Waals surface area contributed by atoms with E-state index in [-0.39, 0.29) is 36.7 Å². The lowest BCUT2D eigenvalue weighted by molar-refractivity contribution is -0.134. The van der Waals surface area contributed by atoms with Crippen LogP contribution in [0.2, 0.25) is 0 Å². The molecule has 3 amide bonds. The topological polar surface area (TPSA) is 169 Å². The normalized spacial score (nSPS) is 23.3. The van der Waals surface area contributed by atoms with E-state index in [1.165, 1.54) is 12.1 Å². The number of hydrogen-bond donors (Lipinski definition) is 3. The zero-order valence-corrected chi connectivity index (χ0v) is 33.9. The van der Waals surface area contributed by atoms with Gasteiger partial charge in [0.1, 0.15) is 17.3 Å². The van der Waals surface area contributed by atoms with Crippen molar-refractivity contribution in [3.63, 3.8) is 0 Å². The molecular formula is C44H50F2N10O4. The summed E-state index contributed by atoms with van der Waals surface area (Å²) in [6.07, 6.45) is 8.09. The maximum Gasteiger partial charge on any atom is 0.267 e. The quantitative estimate of drug-likeness (QED) is 0.206. The molecular weight excluding hydrogens is 771 g/mol. The van der Waals surface area contributed by atoms with Crippen LogP contribution >= 0.6 is 0 Å². The fourth-order valence-electron chi connectivity index (χ4n) is 10.0. The first-order chi connectivity index (χ1) is 28.7. The molecule has 314 valence electrons. The Morgan fingerprint density at radius 3 is 2.35 bits per heavy atom. The third-order valence-electron chi connectivity index (χ3n) is 13.2. The summed E-state index contributed by atoms with van der Waals surface area (Å²) >= 11 is 0. The van der Waals surface area contributed by atoms with E-state index in [0.717, 1.165) is 69.3 Å². The molecule has 2 aromatic heterocycles.